The van der Waals surface area contributed by atoms with E-state index in [2.05, 4.69) is 0 Å². The van der Waals surface area contributed by atoms with Gasteiger partial charge in [-0.15, -0.1) is 0 Å². The average molecular weight is 472 g/mol. The minimum absolute atomic E-state index is 0.0680. The highest BCUT2D eigenvalue weighted by molar-refractivity contribution is 5.90. The van der Waals surface area contributed by atoms with Gasteiger partial charge in [0, 0.05) is 13.8 Å². The standard InChI is InChI=1S/C24H24O10/c1-16(25)33-20-7-3-5-18(9-20)22(27)31-13-24(11-29-15-30-12-24)14-32-23(28)19-6-4-8-21(10-19)34-17(2)26/h3-10H,11-15H2,1-2H3. The number of hydrogen-bond donors (Lipinski definition) is 0. The van der Waals surface area contributed by atoms with Crippen LogP contribution in [-0.2, 0) is 28.5 Å². The van der Waals surface area contributed by atoms with Crippen molar-refractivity contribution in [1.29, 1.82) is 0 Å². The van der Waals surface area contributed by atoms with Gasteiger partial charge in [-0.1, -0.05) is 12.1 Å². The van der Waals surface area contributed by atoms with Crippen molar-refractivity contribution in [1.82, 2.24) is 0 Å². The quantitative estimate of drug-likeness (QED) is 0.418. The summed E-state index contributed by atoms with van der Waals surface area (Å²) in [7, 11) is 0. The lowest BCUT2D eigenvalue weighted by Crippen LogP contribution is -2.46. The Balaban J connectivity index is 1.63. The molecule has 1 fully saturated rings. The Kier molecular flexibility index (Phi) is 8.34. The Morgan fingerprint density at radius 2 is 1.21 bits per heavy atom. The molecular formula is C24H24O10. The van der Waals surface area contributed by atoms with Crippen LogP contribution >= 0.6 is 0 Å². The minimum atomic E-state index is -0.926. The predicted molar refractivity (Wildman–Crippen MR) is 115 cm³/mol. The van der Waals surface area contributed by atoms with Crippen molar-refractivity contribution in [3.8, 4) is 11.5 Å². The molecule has 0 unspecified atom stereocenters. The van der Waals surface area contributed by atoms with Crippen molar-refractivity contribution in [2.24, 2.45) is 5.41 Å². The number of carbonyl (C=O) groups is 4. The number of esters is 4. The maximum Gasteiger partial charge on any atom is 0.338 e. The first-order valence-corrected chi connectivity index (χ1v) is 10.3. The molecule has 0 aromatic heterocycles. The van der Waals surface area contributed by atoms with Gasteiger partial charge in [-0.2, -0.15) is 0 Å². The molecule has 0 saturated carbocycles. The lowest BCUT2D eigenvalue weighted by atomic mass is 9.91. The molecule has 0 amide bonds. The van der Waals surface area contributed by atoms with Gasteiger partial charge in [-0.25, -0.2) is 9.59 Å². The number of ether oxygens (including phenoxy) is 6. The fraction of sp³-hybridized carbons (Fsp3) is 0.333. The van der Waals surface area contributed by atoms with Gasteiger partial charge in [-0.3, -0.25) is 9.59 Å². The summed E-state index contributed by atoms with van der Waals surface area (Å²) in [5.41, 5.74) is -0.554. The van der Waals surface area contributed by atoms with Crippen LogP contribution in [0.2, 0.25) is 0 Å². The first-order valence-electron chi connectivity index (χ1n) is 10.3. The molecule has 1 saturated heterocycles. The second-order valence-electron chi connectivity index (χ2n) is 7.71. The van der Waals surface area contributed by atoms with Crippen LogP contribution < -0.4 is 9.47 Å². The van der Waals surface area contributed by atoms with E-state index in [1.807, 2.05) is 0 Å². The maximum absolute atomic E-state index is 12.6. The van der Waals surface area contributed by atoms with Crippen molar-refractivity contribution in [3.63, 3.8) is 0 Å². The number of hydrogen-bond acceptors (Lipinski definition) is 10. The lowest BCUT2D eigenvalue weighted by molar-refractivity contribution is -0.187. The lowest BCUT2D eigenvalue weighted by Gasteiger charge is -2.35. The van der Waals surface area contributed by atoms with Gasteiger partial charge < -0.3 is 28.4 Å². The van der Waals surface area contributed by atoms with E-state index in [9.17, 15) is 19.2 Å². The highest BCUT2D eigenvalue weighted by Gasteiger charge is 2.37. The van der Waals surface area contributed by atoms with E-state index in [0.717, 1.165) is 0 Å². The fourth-order valence-corrected chi connectivity index (χ4v) is 3.13. The summed E-state index contributed by atoms with van der Waals surface area (Å²) in [4.78, 5) is 47.4. The third-order valence-electron chi connectivity index (χ3n) is 4.66. The van der Waals surface area contributed by atoms with E-state index in [-0.39, 0.29) is 55.8 Å². The van der Waals surface area contributed by atoms with Crippen LogP contribution in [0.15, 0.2) is 48.5 Å². The molecule has 1 heterocycles. The molecule has 180 valence electrons. The van der Waals surface area contributed by atoms with Gasteiger partial charge in [-0.05, 0) is 36.4 Å². The van der Waals surface area contributed by atoms with Crippen LogP contribution in [0.4, 0.5) is 0 Å². The topological polar surface area (TPSA) is 124 Å². The third-order valence-corrected chi connectivity index (χ3v) is 4.66. The van der Waals surface area contributed by atoms with Gasteiger partial charge in [0.25, 0.3) is 0 Å². The molecular weight excluding hydrogens is 448 g/mol. The average Bonchev–Trinajstić information content (AvgIpc) is 2.81. The first-order chi connectivity index (χ1) is 16.3. The van der Waals surface area contributed by atoms with E-state index in [0.29, 0.717) is 0 Å². The molecule has 0 atom stereocenters. The molecule has 2 aromatic carbocycles. The molecule has 10 nitrogen and oxygen atoms in total. The molecule has 1 aliphatic heterocycles. The smallest absolute Gasteiger partial charge is 0.338 e. The van der Waals surface area contributed by atoms with Crippen molar-refractivity contribution in [2.45, 2.75) is 13.8 Å². The molecule has 34 heavy (non-hydrogen) atoms. The Bertz CT molecular complexity index is 978. The van der Waals surface area contributed by atoms with Gasteiger partial charge >= 0.3 is 23.9 Å². The molecule has 1 aliphatic rings. The summed E-state index contributed by atoms with van der Waals surface area (Å²) in [5.74, 6) is -1.90. The number of carbonyl (C=O) groups excluding carboxylic acids is 4. The molecule has 0 N–H and O–H groups in total. The molecule has 10 heteroatoms. The highest BCUT2D eigenvalue weighted by Crippen LogP contribution is 2.25. The van der Waals surface area contributed by atoms with Crippen molar-refractivity contribution < 1.29 is 47.6 Å². The summed E-state index contributed by atoms with van der Waals surface area (Å²) < 4.78 is 31.6. The molecule has 0 aliphatic carbocycles. The van der Waals surface area contributed by atoms with E-state index >= 15 is 0 Å². The zero-order valence-electron chi connectivity index (χ0n) is 18.7. The molecule has 3 rings (SSSR count). The van der Waals surface area contributed by atoms with Gasteiger partial charge in [0.2, 0.25) is 0 Å². The van der Waals surface area contributed by atoms with E-state index in [1.54, 1.807) is 24.3 Å². The van der Waals surface area contributed by atoms with E-state index < -0.39 is 29.3 Å². The van der Waals surface area contributed by atoms with Crippen LogP contribution in [0.5, 0.6) is 11.5 Å². The van der Waals surface area contributed by atoms with Crippen LogP contribution in [0.25, 0.3) is 0 Å². The minimum Gasteiger partial charge on any atom is -0.461 e. The Labute approximate surface area is 195 Å². The fourth-order valence-electron chi connectivity index (χ4n) is 3.13. The molecule has 0 radical (unpaired) electrons. The van der Waals surface area contributed by atoms with Crippen LogP contribution in [0.1, 0.15) is 34.6 Å². The van der Waals surface area contributed by atoms with Crippen LogP contribution in [0, 0.1) is 5.41 Å². The first kappa shape index (κ1) is 24.9. The second-order valence-corrected chi connectivity index (χ2v) is 7.71. The summed E-state index contributed by atoms with van der Waals surface area (Å²) in [5, 5.41) is 0. The third kappa shape index (κ3) is 7.12. The van der Waals surface area contributed by atoms with E-state index in [4.69, 9.17) is 28.4 Å². The van der Waals surface area contributed by atoms with Gasteiger partial charge in [0.05, 0.1) is 29.8 Å². The Morgan fingerprint density at radius 3 is 1.62 bits per heavy atom. The van der Waals surface area contributed by atoms with Gasteiger partial charge in [0.15, 0.2) is 0 Å². The van der Waals surface area contributed by atoms with Crippen molar-refractivity contribution in [2.75, 3.05) is 33.2 Å². The molecule has 2 aromatic rings. The summed E-state index contributed by atoms with van der Waals surface area (Å²) >= 11 is 0. The maximum atomic E-state index is 12.6. The summed E-state index contributed by atoms with van der Waals surface area (Å²) in [6.45, 7) is 2.55. The molecule has 0 bridgehead atoms. The normalized spacial score (nSPS) is 14.5. The van der Waals surface area contributed by atoms with Crippen LogP contribution in [0.3, 0.4) is 0 Å². The van der Waals surface area contributed by atoms with Gasteiger partial charge in [0.1, 0.15) is 31.5 Å². The Hall–Kier alpha value is -3.76. The SMILES string of the molecule is CC(=O)Oc1cccc(C(=O)OCC2(COC(=O)c3cccc(OC(C)=O)c3)COCOC2)c1. The summed E-state index contributed by atoms with van der Waals surface area (Å²) in [6, 6.07) is 12.0. The highest BCUT2D eigenvalue weighted by atomic mass is 16.7. The van der Waals surface area contributed by atoms with Crippen LogP contribution in [-0.4, -0.2) is 57.1 Å². The summed E-state index contributed by atoms with van der Waals surface area (Å²) in [6.07, 6.45) is 0. The number of rotatable bonds is 8. The zero-order valence-corrected chi connectivity index (χ0v) is 18.7. The molecule has 0 spiro atoms. The number of benzene rings is 2. The van der Waals surface area contributed by atoms with Crippen molar-refractivity contribution >= 4 is 23.9 Å². The Morgan fingerprint density at radius 1 is 0.765 bits per heavy atom. The van der Waals surface area contributed by atoms with Crippen molar-refractivity contribution in [3.05, 3.63) is 59.7 Å². The largest absolute Gasteiger partial charge is 0.461 e. The van der Waals surface area contributed by atoms with E-state index in [1.165, 1.54) is 38.1 Å². The second kappa shape index (κ2) is 11.4. The predicted octanol–water partition coefficient (Wildman–Crippen LogP) is 2.54. The zero-order chi connectivity index (χ0) is 24.6. The monoisotopic (exact) mass is 472 g/mol.